The van der Waals surface area contributed by atoms with Crippen molar-refractivity contribution in [3.8, 4) is 0 Å². The van der Waals surface area contributed by atoms with Crippen LogP contribution in [0, 0.1) is 12.8 Å². The van der Waals surface area contributed by atoms with Gasteiger partial charge in [-0.05, 0) is 43.0 Å². The molecule has 136 valence electrons. The number of nitrogens with one attached hydrogen (secondary N) is 1. The van der Waals surface area contributed by atoms with Gasteiger partial charge in [0, 0.05) is 24.3 Å². The number of rotatable bonds is 5. The monoisotopic (exact) mass is 350 g/mol. The van der Waals surface area contributed by atoms with Gasteiger partial charge in [-0.1, -0.05) is 49.7 Å². The molecule has 0 radical (unpaired) electrons. The highest BCUT2D eigenvalue weighted by molar-refractivity contribution is 6.03. The van der Waals surface area contributed by atoms with Crippen molar-refractivity contribution in [3.63, 3.8) is 0 Å². The first-order valence-corrected chi connectivity index (χ1v) is 9.26. The predicted octanol–water partition coefficient (Wildman–Crippen LogP) is 4.50. The Bertz CT molecular complexity index is 798. The van der Waals surface area contributed by atoms with Crippen LogP contribution in [0.2, 0.25) is 0 Å². The number of benzene rings is 2. The summed E-state index contributed by atoms with van der Waals surface area (Å²) in [4.78, 5) is 26.9. The van der Waals surface area contributed by atoms with Crippen molar-refractivity contribution in [3.05, 3.63) is 59.7 Å². The number of nitrogens with zero attached hydrogens (tertiary/aromatic N) is 1. The molecular formula is C22H26N2O2. The van der Waals surface area contributed by atoms with Crippen molar-refractivity contribution >= 4 is 23.2 Å². The van der Waals surface area contributed by atoms with Crippen molar-refractivity contribution in [1.82, 2.24) is 0 Å². The van der Waals surface area contributed by atoms with Gasteiger partial charge < -0.3 is 10.2 Å². The third-order valence-corrected chi connectivity index (χ3v) is 5.20. The van der Waals surface area contributed by atoms with Crippen LogP contribution in [-0.2, 0) is 9.59 Å². The minimum atomic E-state index is -0.325. The average molecular weight is 350 g/mol. The fourth-order valence-electron chi connectivity index (χ4n) is 3.35. The maximum atomic E-state index is 12.8. The molecule has 1 N–H and O–H groups in total. The molecule has 0 aromatic heterocycles. The van der Waals surface area contributed by atoms with Gasteiger partial charge in [-0.2, -0.15) is 0 Å². The van der Waals surface area contributed by atoms with E-state index in [0.717, 1.165) is 28.9 Å². The quantitative estimate of drug-likeness (QED) is 0.863. The topological polar surface area (TPSA) is 49.4 Å². The third-order valence-electron chi connectivity index (χ3n) is 5.20. The first kappa shape index (κ1) is 18.2. The third kappa shape index (κ3) is 3.79. The van der Waals surface area contributed by atoms with Gasteiger partial charge >= 0.3 is 0 Å². The molecule has 0 aliphatic carbocycles. The Morgan fingerprint density at radius 3 is 2.58 bits per heavy atom. The summed E-state index contributed by atoms with van der Waals surface area (Å²) in [7, 11) is 0. The Kier molecular flexibility index (Phi) is 5.40. The van der Waals surface area contributed by atoms with Crippen molar-refractivity contribution < 1.29 is 9.59 Å². The van der Waals surface area contributed by atoms with Crippen molar-refractivity contribution in [1.29, 1.82) is 0 Å². The lowest BCUT2D eigenvalue weighted by atomic mass is 9.96. The molecule has 26 heavy (non-hydrogen) atoms. The van der Waals surface area contributed by atoms with Gasteiger partial charge in [-0.15, -0.1) is 0 Å². The number of amides is 2. The van der Waals surface area contributed by atoms with Crippen molar-refractivity contribution in [2.75, 3.05) is 16.8 Å². The molecule has 0 unspecified atom stereocenters. The van der Waals surface area contributed by atoms with E-state index in [1.54, 1.807) is 4.90 Å². The van der Waals surface area contributed by atoms with Crippen LogP contribution < -0.4 is 10.2 Å². The van der Waals surface area contributed by atoms with Gasteiger partial charge in [0.25, 0.3) is 0 Å². The summed E-state index contributed by atoms with van der Waals surface area (Å²) in [5, 5.41) is 3.05. The van der Waals surface area contributed by atoms with E-state index in [0.29, 0.717) is 12.5 Å². The summed E-state index contributed by atoms with van der Waals surface area (Å²) >= 11 is 0. The van der Waals surface area contributed by atoms with Crippen molar-refractivity contribution in [2.24, 2.45) is 5.92 Å². The summed E-state index contributed by atoms with van der Waals surface area (Å²) < 4.78 is 0. The van der Waals surface area contributed by atoms with E-state index in [4.69, 9.17) is 0 Å². The number of aryl methyl sites for hydroxylation is 1. The standard InChI is InChI=1S/C22H26N2O2/c1-4-16(3)19-7-5-6-8-20(19)23-22(26)17-13-21(25)24(14-17)18-11-9-15(2)10-12-18/h5-12,16-17H,4,13-14H2,1-3H3,(H,23,26)/t16-,17+/m1/s1. The molecule has 0 saturated carbocycles. The zero-order valence-corrected chi connectivity index (χ0v) is 15.7. The molecule has 4 heteroatoms. The Hall–Kier alpha value is -2.62. The zero-order chi connectivity index (χ0) is 18.7. The Balaban J connectivity index is 1.72. The van der Waals surface area contributed by atoms with Crippen LogP contribution in [-0.4, -0.2) is 18.4 Å². The molecule has 2 amide bonds. The lowest BCUT2D eigenvalue weighted by Gasteiger charge is -2.18. The van der Waals surface area contributed by atoms with Gasteiger partial charge in [0.2, 0.25) is 11.8 Å². The lowest BCUT2D eigenvalue weighted by Crippen LogP contribution is -2.28. The molecule has 1 aliphatic rings. The highest BCUT2D eigenvalue weighted by atomic mass is 16.2. The first-order chi connectivity index (χ1) is 12.5. The summed E-state index contributed by atoms with van der Waals surface area (Å²) in [5.74, 6) is -0.0255. The van der Waals surface area contributed by atoms with Gasteiger partial charge in [0.05, 0.1) is 5.92 Å². The minimum Gasteiger partial charge on any atom is -0.326 e. The van der Waals surface area contributed by atoms with Gasteiger partial charge in [-0.25, -0.2) is 0 Å². The maximum Gasteiger partial charge on any atom is 0.229 e. The van der Waals surface area contributed by atoms with Crippen LogP contribution in [0.15, 0.2) is 48.5 Å². The van der Waals surface area contributed by atoms with Crippen LogP contribution in [0.3, 0.4) is 0 Å². The molecule has 4 nitrogen and oxygen atoms in total. The number of hydrogen-bond acceptors (Lipinski definition) is 2. The number of anilines is 2. The fraction of sp³-hybridized carbons (Fsp3) is 0.364. The molecule has 1 saturated heterocycles. The number of carbonyl (C=O) groups excluding carboxylic acids is 2. The van der Waals surface area contributed by atoms with E-state index in [1.165, 1.54) is 0 Å². The second-order valence-corrected chi connectivity index (χ2v) is 7.13. The Morgan fingerprint density at radius 2 is 1.88 bits per heavy atom. The normalized spacial score (nSPS) is 18.0. The average Bonchev–Trinajstić information content (AvgIpc) is 3.04. The molecule has 1 heterocycles. The molecule has 1 fully saturated rings. The van der Waals surface area contributed by atoms with Crippen LogP contribution in [0.4, 0.5) is 11.4 Å². The van der Waals surface area contributed by atoms with Gasteiger partial charge in [0.1, 0.15) is 0 Å². The molecule has 3 rings (SSSR count). The van der Waals surface area contributed by atoms with E-state index < -0.39 is 0 Å². The molecule has 2 aromatic rings. The predicted molar refractivity (Wildman–Crippen MR) is 105 cm³/mol. The highest BCUT2D eigenvalue weighted by Gasteiger charge is 2.35. The van der Waals surface area contributed by atoms with E-state index >= 15 is 0 Å². The molecule has 1 aliphatic heterocycles. The van der Waals surface area contributed by atoms with E-state index in [1.807, 2.05) is 49.4 Å². The van der Waals surface area contributed by atoms with Crippen LogP contribution in [0.5, 0.6) is 0 Å². The molecule has 2 aromatic carbocycles. The second kappa shape index (κ2) is 7.73. The number of hydrogen-bond donors (Lipinski definition) is 1. The summed E-state index contributed by atoms with van der Waals surface area (Å²) in [6, 6.07) is 15.8. The largest absolute Gasteiger partial charge is 0.326 e. The zero-order valence-electron chi connectivity index (χ0n) is 15.7. The molecular weight excluding hydrogens is 324 g/mol. The second-order valence-electron chi connectivity index (χ2n) is 7.13. The maximum absolute atomic E-state index is 12.8. The number of para-hydroxylation sites is 1. The molecule has 2 atom stereocenters. The van der Waals surface area contributed by atoms with Crippen molar-refractivity contribution in [2.45, 2.75) is 39.5 Å². The number of carbonyl (C=O) groups is 2. The van der Waals surface area contributed by atoms with E-state index in [9.17, 15) is 9.59 Å². The Morgan fingerprint density at radius 1 is 1.19 bits per heavy atom. The lowest BCUT2D eigenvalue weighted by molar-refractivity contribution is -0.122. The first-order valence-electron chi connectivity index (χ1n) is 9.26. The summed E-state index contributed by atoms with van der Waals surface area (Å²) in [6.45, 7) is 6.74. The fourth-order valence-corrected chi connectivity index (χ4v) is 3.35. The van der Waals surface area contributed by atoms with Gasteiger partial charge in [0.15, 0.2) is 0 Å². The van der Waals surface area contributed by atoms with Gasteiger partial charge in [-0.3, -0.25) is 9.59 Å². The van der Waals surface area contributed by atoms with E-state index in [-0.39, 0.29) is 24.2 Å². The SMILES string of the molecule is CC[C@@H](C)c1ccccc1NC(=O)[C@H]1CC(=O)N(c2ccc(C)cc2)C1. The smallest absolute Gasteiger partial charge is 0.229 e. The Labute approximate surface area is 155 Å². The highest BCUT2D eigenvalue weighted by Crippen LogP contribution is 2.29. The molecule has 0 spiro atoms. The minimum absolute atomic E-state index is 0.00390. The van der Waals surface area contributed by atoms with Crippen LogP contribution in [0.25, 0.3) is 0 Å². The van der Waals surface area contributed by atoms with E-state index in [2.05, 4.69) is 25.2 Å². The summed E-state index contributed by atoms with van der Waals surface area (Å²) in [5.41, 5.74) is 4.00. The summed E-state index contributed by atoms with van der Waals surface area (Å²) in [6.07, 6.45) is 1.27. The van der Waals surface area contributed by atoms with Crippen LogP contribution in [0.1, 0.15) is 43.7 Å². The molecule has 0 bridgehead atoms. The van der Waals surface area contributed by atoms with Crippen LogP contribution >= 0.6 is 0 Å².